The lowest BCUT2D eigenvalue weighted by Gasteiger charge is -2.09. The van der Waals surface area contributed by atoms with Crippen LogP contribution >= 0.6 is 27.5 Å². The quantitative estimate of drug-likeness (QED) is 0.910. The summed E-state index contributed by atoms with van der Waals surface area (Å²) in [6.07, 6.45) is 1.35. The Morgan fingerprint density at radius 1 is 1.42 bits per heavy atom. The van der Waals surface area contributed by atoms with E-state index in [4.69, 9.17) is 11.6 Å². The SMILES string of the molecule is Cc1cccc(NS(=O)(=O)c2ncn(C)c2Cl)c1Br. The zero-order valence-corrected chi connectivity index (χ0v) is 13.3. The van der Waals surface area contributed by atoms with Crippen molar-refractivity contribution in [2.75, 3.05) is 4.72 Å². The molecule has 19 heavy (non-hydrogen) atoms. The number of aromatic nitrogens is 2. The van der Waals surface area contributed by atoms with Gasteiger partial charge in [-0.3, -0.25) is 4.72 Å². The van der Waals surface area contributed by atoms with Gasteiger partial charge in [0.1, 0.15) is 5.15 Å². The monoisotopic (exact) mass is 363 g/mol. The number of nitrogens with one attached hydrogen (secondary N) is 1. The number of benzene rings is 1. The molecule has 0 aliphatic heterocycles. The highest BCUT2D eigenvalue weighted by molar-refractivity contribution is 9.10. The van der Waals surface area contributed by atoms with Crippen molar-refractivity contribution in [3.05, 3.63) is 39.7 Å². The van der Waals surface area contributed by atoms with Crippen molar-refractivity contribution < 1.29 is 8.42 Å². The average Bonchev–Trinajstić information content (AvgIpc) is 2.66. The number of halogens is 2. The second kappa shape index (κ2) is 5.15. The van der Waals surface area contributed by atoms with Gasteiger partial charge < -0.3 is 4.57 Å². The number of hydrogen-bond acceptors (Lipinski definition) is 3. The Balaban J connectivity index is 2.42. The first-order valence-electron chi connectivity index (χ1n) is 5.27. The molecule has 1 heterocycles. The lowest BCUT2D eigenvalue weighted by molar-refractivity contribution is 0.598. The van der Waals surface area contributed by atoms with E-state index < -0.39 is 10.0 Å². The zero-order valence-electron chi connectivity index (χ0n) is 10.2. The van der Waals surface area contributed by atoms with Gasteiger partial charge in [-0.15, -0.1) is 0 Å². The van der Waals surface area contributed by atoms with Crippen LogP contribution in [0.3, 0.4) is 0 Å². The molecule has 0 saturated heterocycles. The van der Waals surface area contributed by atoms with E-state index in [9.17, 15) is 8.42 Å². The molecule has 0 fully saturated rings. The minimum absolute atomic E-state index is 0.0660. The van der Waals surface area contributed by atoms with Crippen molar-refractivity contribution in [1.82, 2.24) is 9.55 Å². The van der Waals surface area contributed by atoms with E-state index in [-0.39, 0.29) is 10.2 Å². The summed E-state index contributed by atoms with van der Waals surface area (Å²) >= 11 is 9.24. The molecule has 0 amide bonds. The lowest BCUT2D eigenvalue weighted by atomic mass is 10.2. The summed E-state index contributed by atoms with van der Waals surface area (Å²) in [6, 6.07) is 5.29. The van der Waals surface area contributed by atoms with E-state index in [0.717, 1.165) is 5.56 Å². The van der Waals surface area contributed by atoms with Crippen LogP contribution in [0.5, 0.6) is 0 Å². The lowest BCUT2D eigenvalue weighted by Crippen LogP contribution is -2.14. The summed E-state index contributed by atoms with van der Waals surface area (Å²) < 4.78 is 29.0. The standard InChI is InChI=1S/C11H11BrClN3O2S/c1-7-4-3-5-8(9(7)12)15-19(17,18)11-10(13)16(2)6-14-11/h3-6,15H,1-2H3. The Hall–Kier alpha value is -1.05. The first-order valence-corrected chi connectivity index (χ1v) is 7.93. The number of rotatable bonds is 3. The van der Waals surface area contributed by atoms with Crippen LogP contribution in [0.2, 0.25) is 5.15 Å². The highest BCUT2D eigenvalue weighted by atomic mass is 79.9. The maximum atomic E-state index is 12.2. The molecule has 0 radical (unpaired) electrons. The summed E-state index contributed by atoms with van der Waals surface area (Å²) in [5.41, 5.74) is 1.37. The van der Waals surface area contributed by atoms with Crippen molar-refractivity contribution in [1.29, 1.82) is 0 Å². The fraction of sp³-hybridized carbons (Fsp3) is 0.182. The smallest absolute Gasteiger partial charge is 0.282 e. The van der Waals surface area contributed by atoms with Crippen molar-refractivity contribution in [2.45, 2.75) is 11.9 Å². The zero-order chi connectivity index (χ0) is 14.2. The molecule has 0 aliphatic rings. The molecule has 0 atom stereocenters. The molecule has 0 aliphatic carbocycles. The van der Waals surface area contributed by atoms with Gasteiger partial charge in [-0.2, -0.15) is 8.42 Å². The highest BCUT2D eigenvalue weighted by Crippen LogP contribution is 2.29. The Labute approximate surface area is 124 Å². The maximum Gasteiger partial charge on any atom is 0.282 e. The van der Waals surface area contributed by atoms with Gasteiger partial charge in [0.15, 0.2) is 0 Å². The van der Waals surface area contributed by atoms with Gasteiger partial charge in [-0.05, 0) is 34.5 Å². The van der Waals surface area contributed by atoms with E-state index in [1.54, 1.807) is 19.2 Å². The van der Waals surface area contributed by atoms with Crippen molar-refractivity contribution in [2.24, 2.45) is 7.05 Å². The second-order valence-electron chi connectivity index (χ2n) is 3.99. The molecular formula is C11H11BrClN3O2S. The molecule has 1 aromatic carbocycles. The number of aryl methyl sites for hydroxylation is 2. The molecule has 0 unspecified atom stereocenters. The van der Waals surface area contributed by atoms with E-state index in [1.165, 1.54) is 10.9 Å². The van der Waals surface area contributed by atoms with Crippen LogP contribution in [0, 0.1) is 6.92 Å². The van der Waals surface area contributed by atoms with E-state index >= 15 is 0 Å². The molecule has 2 aromatic rings. The summed E-state index contributed by atoms with van der Waals surface area (Å²) in [4.78, 5) is 3.80. The highest BCUT2D eigenvalue weighted by Gasteiger charge is 2.23. The summed E-state index contributed by atoms with van der Waals surface area (Å²) in [6.45, 7) is 1.87. The number of sulfonamides is 1. The third-order valence-corrected chi connectivity index (χ3v) is 5.43. The van der Waals surface area contributed by atoms with Gasteiger partial charge in [0.25, 0.3) is 10.0 Å². The van der Waals surface area contributed by atoms with Gasteiger partial charge in [0.2, 0.25) is 5.03 Å². The minimum atomic E-state index is -3.81. The molecule has 102 valence electrons. The predicted molar refractivity (Wildman–Crippen MR) is 77.9 cm³/mol. The fourth-order valence-corrected chi connectivity index (χ4v) is 3.49. The minimum Gasteiger partial charge on any atom is -0.324 e. The van der Waals surface area contributed by atoms with Gasteiger partial charge in [0, 0.05) is 11.5 Å². The van der Waals surface area contributed by atoms with Crippen LogP contribution in [-0.2, 0) is 17.1 Å². The molecule has 2 rings (SSSR count). The average molecular weight is 365 g/mol. The fourth-order valence-electron chi connectivity index (χ4n) is 1.49. The third kappa shape index (κ3) is 2.77. The van der Waals surface area contributed by atoms with Crippen molar-refractivity contribution in [3.8, 4) is 0 Å². The number of imidazole rings is 1. The van der Waals surface area contributed by atoms with E-state index in [0.29, 0.717) is 10.2 Å². The van der Waals surface area contributed by atoms with Crippen molar-refractivity contribution >= 4 is 43.2 Å². The Morgan fingerprint density at radius 2 is 2.11 bits per heavy atom. The molecule has 1 aromatic heterocycles. The molecule has 0 saturated carbocycles. The van der Waals surface area contributed by atoms with Gasteiger partial charge >= 0.3 is 0 Å². The second-order valence-corrected chi connectivity index (χ2v) is 6.74. The molecule has 5 nitrogen and oxygen atoms in total. The van der Waals surface area contributed by atoms with Gasteiger partial charge in [-0.1, -0.05) is 23.7 Å². The van der Waals surface area contributed by atoms with E-state index in [2.05, 4.69) is 25.6 Å². The number of anilines is 1. The third-order valence-electron chi connectivity index (χ3n) is 2.52. The first kappa shape index (κ1) is 14.4. The Kier molecular flexibility index (Phi) is 3.89. The van der Waals surface area contributed by atoms with Crippen LogP contribution in [0.1, 0.15) is 5.56 Å². The molecular weight excluding hydrogens is 354 g/mol. The summed E-state index contributed by atoms with van der Waals surface area (Å²) in [7, 11) is -2.18. The summed E-state index contributed by atoms with van der Waals surface area (Å²) in [5.74, 6) is 0. The topological polar surface area (TPSA) is 64.0 Å². The Bertz CT molecular complexity index is 728. The predicted octanol–water partition coefficient (Wildman–Crippen LogP) is 2.95. The van der Waals surface area contributed by atoms with E-state index in [1.807, 2.05) is 13.0 Å². The van der Waals surface area contributed by atoms with Crippen LogP contribution in [0.15, 0.2) is 34.0 Å². The normalized spacial score (nSPS) is 11.6. The largest absolute Gasteiger partial charge is 0.324 e. The van der Waals surface area contributed by atoms with Gasteiger partial charge in [-0.25, -0.2) is 4.98 Å². The summed E-state index contributed by atoms with van der Waals surface area (Å²) in [5, 5.41) is -0.124. The van der Waals surface area contributed by atoms with Crippen LogP contribution < -0.4 is 4.72 Å². The van der Waals surface area contributed by atoms with Gasteiger partial charge in [0.05, 0.1) is 12.0 Å². The number of nitrogens with zero attached hydrogens (tertiary/aromatic N) is 2. The van der Waals surface area contributed by atoms with Crippen LogP contribution in [-0.4, -0.2) is 18.0 Å². The first-order chi connectivity index (χ1) is 8.83. The van der Waals surface area contributed by atoms with Crippen LogP contribution in [0.4, 0.5) is 5.69 Å². The van der Waals surface area contributed by atoms with Crippen LogP contribution in [0.25, 0.3) is 0 Å². The molecule has 1 N–H and O–H groups in total. The maximum absolute atomic E-state index is 12.2. The Morgan fingerprint density at radius 3 is 2.68 bits per heavy atom. The molecule has 8 heteroatoms. The van der Waals surface area contributed by atoms with Crippen molar-refractivity contribution in [3.63, 3.8) is 0 Å². The molecule has 0 bridgehead atoms. The number of hydrogen-bond donors (Lipinski definition) is 1. The molecule has 0 spiro atoms.